The number of alkyl halides is 4. The van der Waals surface area contributed by atoms with Crippen LogP contribution in [0.4, 0.5) is 23.4 Å². The van der Waals surface area contributed by atoms with Crippen LogP contribution in [0.1, 0.15) is 30.8 Å². The summed E-state index contributed by atoms with van der Waals surface area (Å²) in [4.78, 5) is 14.1. The van der Waals surface area contributed by atoms with Crippen molar-refractivity contribution in [3.8, 4) is 0 Å². The third kappa shape index (κ3) is 3.86. The topological polar surface area (TPSA) is 66.5 Å². The number of fused-ring (bicyclic) bond motifs is 1. The highest BCUT2D eigenvalue weighted by atomic mass is 19.4. The minimum Gasteiger partial charge on any atom is -0.366 e. The van der Waals surface area contributed by atoms with E-state index >= 15 is 0 Å². The molecule has 9 heteroatoms. The van der Waals surface area contributed by atoms with E-state index in [1.165, 1.54) is 32.4 Å². The van der Waals surface area contributed by atoms with Crippen LogP contribution in [0.5, 0.6) is 0 Å². The molecule has 3 heterocycles. The minimum absolute atomic E-state index is 0.166. The Labute approximate surface area is 140 Å². The summed E-state index contributed by atoms with van der Waals surface area (Å²) >= 11 is 0. The monoisotopic (exact) mass is 353 g/mol. The molecule has 3 aromatic heterocycles. The van der Waals surface area contributed by atoms with Crippen molar-refractivity contribution in [3.05, 3.63) is 47.7 Å². The largest absolute Gasteiger partial charge is 0.431 e. The molecule has 0 unspecified atom stereocenters. The van der Waals surface area contributed by atoms with E-state index in [1.807, 2.05) is 0 Å². The molecule has 2 N–H and O–H groups in total. The maximum atomic E-state index is 13.9. The Hall–Kier alpha value is -2.71. The molecular formula is C16H15F4N5. The molecular weight excluding hydrogens is 338 g/mol. The summed E-state index contributed by atoms with van der Waals surface area (Å²) in [5.41, 5.74) is -1.37. The van der Waals surface area contributed by atoms with Gasteiger partial charge in [0.2, 0.25) is 0 Å². The normalized spacial score (nSPS) is 12.6. The summed E-state index contributed by atoms with van der Waals surface area (Å²) in [6.07, 6.45) is -1.73. The van der Waals surface area contributed by atoms with Gasteiger partial charge < -0.3 is 10.3 Å². The first kappa shape index (κ1) is 17.1. The lowest BCUT2D eigenvalue weighted by molar-refractivity contribution is -0.140. The molecule has 5 nitrogen and oxygen atoms in total. The molecule has 0 spiro atoms. The number of hydrogen-bond acceptors (Lipinski definition) is 4. The molecule has 0 saturated heterocycles. The van der Waals surface area contributed by atoms with E-state index in [2.05, 4.69) is 25.3 Å². The minimum atomic E-state index is -4.45. The standard InChI is InChI=1S/C16H15F4N5/c1-15(2,17)11-5-13(24-8-23-11)21-6-9-3-10-4-12(16(18,19)20)25-14(10)22-7-9/h3-5,7-8H,6H2,1-2H3,(H,22,25)(H,21,23,24). The zero-order chi connectivity index (χ0) is 18.2. The van der Waals surface area contributed by atoms with Gasteiger partial charge in [0, 0.05) is 24.2 Å². The Kier molecular flexibility index (Phi) is 4.09. The molecule has 25 heavy (non-hydrogen) atoms. The Balaban J connectivity index is 1.77. The first-order valence-electron chi connectivity index (χ1n) is 7.43. The van der Waals surface area contributed by atoms with Crippen LogP contribution in [0.15, 0.2) is 30.7 Å². The Morgan fingerprint density at radius 3 is 2.48 bits per heavy atom. The maximum Gasteiger partial charge on any atom is 0.431 e. The lowest BCUT2D eigenvalue weighted by atomic mass is 10.1. The predicted octanol–water partition coefficient (Wildman–Crippen LogP) is 4.19. The van der Waals surface area contributed by atoms with Gasteiger partial charge in [-0.15, -0.1) is 0 Å². The summed E-state index contributed by atoms with van der Waals surface area (Å²) in [7, 11) is 0. The van der Waals surface area contributed by atoms with Gasteiger partial charge in [-0.1, -0.05) is 0 Å². The van der Waals surface area contributed by atoms with Crippen molar-refractivity contribution in [3.63, 3.8) is 0 Å². The lowest BCUT2D eigenvalue weighted by Crippen LogP contribution is -2.13. The first-order chi connectivity index (χ1) is 11.6. The van der Waals surface area contributed by atoms with E-state index in [-0.39, 0.29) is 17.9 Å². The van der Waals surface area contributed by atoms with E-state index in [4.69, 9.17) is 0 Å². The van der Waals surface area contributed by atoms with E-state index in [0.717, 1.165) is 6.07 Å². The summed E-state index contributed by atoms with van der Waals surface area (Å²) < 4.78 is 52.1. The van der Waals surface area contributed by atoms with Crippen LogP contribution in [0, 0.1) is 0 Å². The summed E-state index contributed by atoms with van der Waals surface area (Å²) in [5, 5.41) is 3.35. The van der Waals surface area contributed by atoms with Crippen molar-refractivity contribution >= 4 is 16.9 Å². The molecule has 0 aliphatic heterocycles. The Morgan fingerprint density at radius 2 is 1.80 bits per heavy atom. The molecule has 0 aliphatic rings. The van der Waals surface area contributed by atoms with E-state index in [1.54, 1.807) is 6.07 Å². The number of aromatic nitrogens is 4. The fourth-order valence-electron chi connectivity index (χ4n) is 2.28. The predicted molar refractivity (Wildman–Crippen MR) is 84.6 cm³/mol. The molecule has 0 radical (unpaired) electrons. The third-order valence-electron chi connectivity index (χ3n) is 3.58. The first-order valence-corrected chi connectivity index (χ1v) is 7.43. The van der Waals surface area contributed by atoms with Crippen molar-refractivity contribution in [1.82, 2.24) is 19.9 Å². The highest BCUT2D eigenvalue weighted by Crippen LogP contribution is 2.30. The van der Waals surface area contributed by atoms with Crippen LogP contribution < -0.4 is 5.32 Å². The summed E-state index contributed by atoms with van der Waals surface area (Å²) in [6.45, 7) is 3.06. The van der Waals surface area contributed by atoms with E-state index in [0.29, 0.717) is 16.8 Å². The van der Waals surface area contributed by atoms with Crippen molar-refractivity contribution in [2.75, 3.05) is 5.32 Å². The summed E-state index contributed by atoms with van der Waals surface area (Å²) in [5.74, 6) is 0.417. The molecule has 0 aromatic carbocycles. The number of nitrogens with zero attached hydrogens (tertiary/aromatic N) is 3. The molecule has 3 aromatic rings. The molecule has 0 aliphatic carbocycles. The zero-order valence-corrected chi connectivity index (χ0v) is 13.4. The smallest absolute Gasteiger partial charge is 0.366 e. The SMILES string of the molecule is CC(C)(F)c1cc(NCc2cnc3[nH]c(C(F)(F)F)cc3c2)ncn1. The van der Waals surface area contributed by atoms with Gasteiger partial charge in [-0.05, 0) is 31.5 Å². The quantitative estimate of drug-likeness (QED) is 0.690. The molecule has 132 valence electrons. The molecule has 0 amide bonds. The van der Waals surface area contributed by atoms with Crippen LogP contribution in [0.3, 0.4) is 0 Å². The third-order valence-corrected chi connectivity index (χ3v) is 3.58. The lowest BCUT2D eigenvalue weighted by Gasteiger charge is -2.14. The van der Waals surface area contributed by atoms with Gasteiger partial charge >= 0.3 is 6.18 Å². The second-order valence-electron chi connectivity index (χ2n) is 6.08. The second kappa shape index (κ2) is 5.98. The second-order valence-corrected chi connectivity index (χ2v) is 6.08. The average molecular weight is 353 g/mol. The van der Waals surface area contributed by atoms with Gasteiger partial charge in [-0.2, -0.15) is 13.2 Å². The molecule has 0 fully saturated rings. The number of pyridine rings is 1. The number of nitrogens with one attached hydrogen (secondary N) is 2. The Bertz CT molecular complexity index is 895. The van der Waals surface area contributed by atoms with Crippen LogP contribution in [-0.2, 0) is 18.4 Å². The molecule has 0 bridgehead atoms. The number of aromatic amines is 1. The number of hydrogen-bond donors (Lipinski definition) is 2. The van der Waals surface area contributed by atoms with Crippen molar-refractivity contribution < 1.29 is 17.6 Å². The average Bonchev–Trinajstić information content (AvgIpc) is 2.96. The van der Waals surface area contributed by atoms with Crippen LogP contribution >= 0.6 is 0 Å². The van der Waals surface area contributed by atoms with Gasteiger partial charge in [0.1, 0.15) is 29.2 Å². The molecule has 0 saturated carbocycles. The fourth-order valence-corrected chi connectivity index (χ4v) is 2.28. The van der Waals surface area contributed by atoms with E-state index < -0.39 is 17.5 Å². The maximum absolute atomic E-state index is 13.9. The number of rotatable bonds is 4. The van der Waals surface area contributed by atoms with Gasteiger partial charge in [0.25, 0.3) is 0 Å². The van der Waals surface area contributed by atoms with E-state index in [9.17, 15) is 17.6 Å². The summed E-state index contributed by atoms with van der Waals surface area (Å²) in [6, 6.07) is 4.10. The van der Waals surface area contributed by atoms with Crippen molar-refractivity contribution in [2.45, 2.75) is 32.2 Å². The number of H-pyrrole nitrogens is 1. The van der Waals surface area contributed by atoms with Crippen LogP contribution in [-0.4, -0.2) is 19.9 Å². The van der Waals surface area contributed by atoms with Crippen LogP contribution in [0.25, 0.3) is 11.0 Å². The zero-order valence-electron chi connectivity index (χ0n) is 13.4. The highest BCUT2D eigenvalue weighted by Gasteiger charge is 2.32. The van der Waals surface area contributed by atoms with Gasteiger partial charge in [-0.25, -0.2) is 19.3 Å². The Morgan fingerprint density at radius 1 is 1.04 bits per heavy atom. The number of anilines is 1. The fraction of sp³-hybridized carbons (Fsp3) is 0.312. The molecule has 0 atom stereocenters. The van der Waals surface area contributed by atoms with Gasteiger partial charge in [-0.3, -0.25) is 0 Å². The van der Waals surface area contributed by atoms with Crippen molar-refractivity contribution in [1.29, 1.82) is 0 Å². The number of halogens is 4. The van der Waals surface area contributed by atoms with Crippen LogP contribution in [0.2, 0.25) is 0 Å². The molecule has 3 rings (SSSR count). The highest BCUT2D eigenvalue weighted by molar-refractivity contribution is 5.77. The van der Waals surface area contributed by atoms with Gasteiger partial charge in [0.15, 0.2) is 0 Å². The van der Waals surface area contributed by atoms with Crippen molar-refractivity contribution in [2.24, 2.45) is 0 Å². The van der Waals surface area contributed by atoms with Gasteiger partial charge in [0.05, 0.1) is 5.69 Å².